The second-order valence-corrected chi connectivity index (χ2v) is 12.7. The van der Waals surface area contributed by atoms with Crippen molar-refractivity contribution in [2.45, 2.75) is 89.8 Å². The molecule has 0 aliphatic heterocycles. The first-order valence-electron chi connectivity index (χ1n) is 17.5. The van der Waals surface area contributed by atoms with E-state index < -0.39 is 42.4 Å². The number of benzene rings is 2. The van der Waals surface area contributed by atoms with Gasteiger partial charge in [-0.05, 0) is 50.5 Å². The van der Waals surface area contributed by atoms with Crippen LogP contribution in [0.25, 0.3) is 0 Å². The number of aliphatic hydroxyl groups excluding tert-OH is 3. The van der Waals surface area contributed by atoms with Crippen LogP contribution in [0.2, 0.25) is 0 Å². The lowest BCUT2D eigenvalue weighted by Gasteiger charge is -2.30. The zero-order valence-electron chi connectivity index (χ0n) is 30.5. The van der Waals surface area contributed by atoms with E-state index in [1.165, 1.54) is 26.2 Å². The van der Waals surface area contributed by atoms with Gasteiger partial charge < -0.3 is 45.4 Å². The Labute approximate surface area is 318 Å². The maximum atomic E-state index is 12.9. The fraction of sp³-hybridized carbons (Fsp3) is 0.543. The first-order chi connectivity index (χ1) is 25.0. The molecule has 6 N–H and O–H groups in total. The molecular weight excluding hydrogens is 676 g/mol. The molecule has 0 aliphatic carbocycles. The molecule has 10 radical (unpaired) electrons. The van der Waals surface area contributed by atoms with Gasteiger partial charge in [0.2, 0.25) is 24.0 Å². The highest BCUT2D eigenvalue weighted by Gasteiger charge is 2.37. The molecule has 5 atom stereocenters. The summed E-state index contributed by atoms with van der Waals surface area (Å²) in [5, 5.41) is 45.3. The van der Waals surface area contributed by atoms with Crippen LogP contribution in [-0.2, 0) is 19.1 Å². The number of methoxy groups -OCH3 is 1. The van der Waals surface area contributed by atoms with Gasteiger partial charge in [-0.1, -0.05) is 37.1 Å². The molecule has 18 heteroatoms. The van der Waals surface area contributed by atoms with E-state index in [9.17, 15) is 34.5 Å². The third-order valence-electron chi connectivity index (χ3n) is 8.78. The van der Waals surface area contributed by atoms with Gasteiger partial charge in [0.25, 0.3) is 0 Å². The number of aliphatic carboxylic acids is 1. The van der Waals surface area contributed by atoms with Gasteiger partial charge in [0, 0.05) is 50.8 Å². The SMILES string of the molecule is [B]c1c([B])c([B])c(C(=O)NCCCCCCN(CCC(=O)Nc2ccc(OC(OC)C(O)C(O)C(O)C(C)C(=O)O)cc2)C(=O)CCCC)c([B])c1[B]. The normalized spacial score (nSPS) is 14.0. The van der Waals surface area contributed by atoms with Gasteiger partial charge in [0.05, 0.1) is 12.0 Å². The summed E-state index contributed by atoms with van der Waals surface area (Å²) in [5.41, 5.74) is 0.398. The second-order valence-electron chi connectivity index (χ2n) is 12.7. The molecule has 2 rings (SSSR count). The topological polar surface area (TPSA) is 195 Å². The standard InChI is InChI=1S/C35H46B5N3O10/c1-4-5-10-23(45)43(17-9-7-6-8-16-41-33(49)24-25(36)27(38)29(40)28(39)26(24)37)18-15-22(44)42-20-11-13-21(14-12-20)53-35(52-3)32(48)31(47)30(46)19(2)34(50)51/h11-14,19,30-32,35,46-48H,4-10,15-18H2,1-3H3,(H,41,49)(H,42,44)(H,50,51). The Hall–Kier alpha value is -3.72. The Balaban J connectivity index is 1.84. The number of unbranched alkanes of at least 4 members (excludes halogenated alkanes) is 4. The third-order valence-corrected chi connectivity index (χ3v) is 8.78. The van der Waals surface area contributed by atoms with E-state index in [1.807, 2.05) is 6.92 Å². The van der Waals surface area contributed by atoms with E-state index in [2.05, 4.69) is 10.6 Å². The van der Waals surface area contributed by atoms with Crippen LogP contribution >= 0.6 is 0 Å². The molecule has 0 bridgehead atoms. The minimum absolute atomic E-state index is 0.00119. The maximum absolute atomic E-state index is 12.9. The number of hydrogen-bond acceptors (Lipinski definition) is 9. The Kier molecular flexibility index (Phi) is 19.3. The monoisotopic (exact) mass is 723 g/mol. The molecule has 0 aromatic heterocycles. The second kappa shape index (κ2) is 22.5. The molecule has 0 aliphatic rings. The van der Waals surface area contributed by atoms with Crippen LogP contribution in [0.5, 0.6) is 5.75 Å². The summed E-state index contributed by atoms with van der Waals surface area (Å²) in [6, 6.07) is 6.05. The van der Waals surface area contributed by atoms with E-state index in [4.69, 9.17) is 53.8 Å². The minimum Gasteiger partial charge on any atom is -0.481 e. The van der Waals surface area contributed by atoms with Crippen LogP contribution < -0.4 is 42.7 Å². The van der Waals surface area contributed by atoms with Crippen molar-refractivity contribution in [1.29, 1.82) is 0 Å². The fourth-order valence-electron chi connectivity index (χ4n) is 5.29. The molecule has 13 nitrogen and oxygen atoms in total. The predicted octanol–water partition coefficient (Wildman–Crippen LogP) is -2.85. The number of hydrogen-bond donors (Lipinski definition) is 6. The van der Waals surface area contributed by atoms with Gasteiger partial charge in [-0.2, -0.15) is 0 Å². The van der Waals surface area contributed by atoms with Gasteiger partial charge in [0.1, 0.15) is 57.2 Å². The van der Waals surface area contributed by atoms with Crippen LogP contribution in [0.4, 0.5) is 5.69 Å². The largest absolute Gasteiger partial charge is 0.481 e. The number of amides is 3. The molecule has 0 saturated carbocycles. The lowest BCUT2D eigenvalue weighted by atomic mass is 9.60. The summed E-state index contributed by atoms with van der Waals surface area (Å²) in [6.45, 7) is 4.23. The Morgan fingerprint density at radius 3 is 1.92 bits per heavy atom. The number of aliphatic hydroxyl groups is 3. The number of anilines is 1. The smallest absolute Gasteiger partial charge is 0.308 e. The number of nitrogens with one attached hydrogen (secondary N) is 2. The molecule has 5 unspecified atom stereocenters. The summed E-state index contributed by atoms with van der Waals surface area (Å²) in [5.74, 6) is -3.37. The molecule has 53 heavy (non-hydrogen) atoms. The van der Waals surface area contributed by atoms with E-state index >= 15 is 0 Å². The number of rotatable bonds is 23. The fourth-order valence-corrected chi connectivity index (χ4v) is 5.29. The van der Waals surface area contributed by atoms with Gasteiger partial charge in [0.15, 0.2) is 0 Å². The lowest BCUT2D eigenvalue weighted by molar-refractivity contribution is -0.187. The number of carboxylic acid groups (broad SMARTS) is 1. The van der Waals surface area contributed by atoms with Gasteiger partial charge in [-0.15, -0.1) is 16.4 Å². The quantitative estimate of drug-likeness (QED) is 0.0395. The van der Waals surface area contributed by atoms with Gasteiger partial charge >= 0.3 is 5.97 Å². The van der Waals surface area contributed by atoms with Crippen molar-refractivity contribution in [1.82, 2.24) is 10.2 Å². The highest BCUT2D eigenvalue weighted by atomic mass is 16.7. The van der Waals surface area contributed by atoms with E-state index in [0.29, 0.717) is 38.0 Å². The van der Waals surface area contributed by atoms with Crippen LogP contribution in [0.3, 0.4) is 0 Å². The van der Waals surface area contributed by atoms with Crippen LogP contribution in [-0.4, -0.2) is 140 Å². The highest BCUT2D eigenvalue weighted by molar-refractivity contribution is 6.68. The summed E-state index contributed by atoms with van der Waals surface area (Å²) in [6.07, 6.45) is -1.95. The zero-order chi connectivity index (χ0) is 39.8. The molecule has 2 aromatic rings. The molecule has 0 fully saturated rings. The molecule has 0 spiro atoms. The van der Waals surface area contributed by atoms with Gasteiger partial charge in [-0.25, -0.2) is 0 Å². The Bertz CT molecular complexity index is 1510. The number of carboxylic acids is 1. The number of carbonyl (C=O) groups is 4. The van der Waals surface area contributed by atoms with Crippen LogP contribution in [0, 0.1) is 5.92 Å². The lowest BCUT2D eigenvalue weighted by Crippen LogP contribution is -2.58. The summed E-state index contributed by atoms with van der Waals surface area (Å²) < 4.78 is 10.7. The van der Waals surface area contributed by atoms with Crippen LogP contribution in [0.1, 0.15) is 75.6 Å². The first kappa shape index (κ1) is 45.4. The van der Waals surface area contributed by atoms with E-state index in [0.717, 1.165) is 25.7 Å². The summed E-state index contributed by atoms with van der Waals surface area (Å²) >= 11 is 0. The molecule has 3 amide bonds. The number of nitrogens with zero attached hydrogens (tertiary/aromatic N) is 1. The van der Waals surface area contributed by atoms with Crippen molar-refractivity contribution in [2.24, 2.45) is 5.92 Å². The average molecular weight is 723 g/mol. The first-order valence-corrected chi connectivity index (χ1v) is 17.5. The molecule has 2 aromatic carbocycles. The highest BCUT2D eigenvalue weighted by Crippen LogP contribution is 2.21. The van der Waals surface area contributed by atoms with E-state index in [-0.39, 0.29) is 63.4 Å². The van der Waals surface area contributed by atoms with Crippen molar-refractivity contribution in [2.75, 3.05) is 32.1 Å². The third kappa shape index (κ3) is 13.6. The van der Waals surface area contributed by atoms with Crippen molar-refractivity contribution >= 4 is 95.9 Å². The summed E-state index contributed by atoms with van der Waals surface area (Å²) in [7, 11) is 30.6. The van der Waals surface area contributed by atoms with E-state index in [1.54, 1.807) is 17.0 Å². The minimum atomic E-state index is -1.87. The Morgan fingerprint density at radius 1 is 0.774 bits per heavy atom. The molecule has 0 heterocycles. The molecule has 276 valence electrons. The molecular formula is C35H46B5N3O10. The average Bonchev–Trinajstić information content (AvgIpc) is 3.14. The van der Waals surface area contributed by atoms with Gasteiger partial charge in [-0.3, -0.25) is 19.2 Å². The van der Waals surface area contributed by atoms with Crippen molar-refractivity contribution < 1.29 is 49.1 Å². The molecule has 0 saturated heterocycles. The Morgan fingerprint density at radius 2 is 1.36 bits per heavy atom. The number of ether oxygens (including phenoxy) is 2. The maximum Gasteiger partial charge on any atom is 0.308 e. The van der Waals surface area contributed by atoms with Crippen LogP contribution in [0.15, 0.2) is 24.3 Å². The van der Waals surface area contributed by atoms with Crippen molar-refractivity contribution in [3.8, 4) is 5.75 Å². The predicted molar refractivity (Wildman–Crippen MR) is 206 cm³/mol. The van der Waals surface area contributed by atoms with Crippen molar-refractivity contribution in [3.63, 3.8) is 0 Å². The van der Waals surface area contributed by atoms with Crippen molar-refractivity contribution in [3.05, 3.63) is 29.8 Å². The zero-order valence-corrected chi connectivity index (χ0v) is 30.5. The summed E-state index contributed by atoms with van der Waals surface area (Å²) in [4.78, 5) is 51.2. The number of carbonyl (C=O) groups excluding carboxylic acids is 3.